The van der Waals surface area contributed by atoms with Crippen molar-refractivity contribution in [2.24, 2.45) is 0 Å². The van der Waals surface area contributed by atoms with E-state index in [2.05, 4.69) is 171 Å². The average molecular weight is 1120 g/mol. The van der Waals surface area contributed by atoms with Crippen molar-refractivity contribution < 1.29 is 14.6 Å². The van der Waals surface area contributed by atoms with E-state index in [0.29, 0.717) is 32.0 Å². The molecule has 13 heteroatoms. The first kappa shape index (κ1) is 58.6. The zero-order valence-electron chi connectivity index (χ0n) is 47.9. The first-order valence-corrected chi connectivity index (χ1v) is 29.7. The Morgan fingerprint density at radius 3 is 1.18 bits per heavy atom. The molecule has 1 amide bonds. The minimum Gasteiger partial charge on any atom is -0.448 e. The number of imidazole rings is 2. The first-order valence-electron chi connectivity index (χ1n) is 29.7. The largest absolute Gasteiger partial charge is 0.448 e. The van der Waals surface area contributed by atoms with Gasteiger partial charge in [-0.1, -0.05) is 206 Å². The van der Waals surface area contributed by atoms with Gasteiger partial charge in [0, 0.05) is 63.4 Å². The molecule has 2 aliphatic rings. The predicted molar refractivity (Wildman–Crippen MR) is 337 cm³/mol. The number of rotatable bonds is 19. The average Bonchev–Trinajstić information content (AvgIpc) is 3.29. The van der Waals surface area contributed by atoms with Crippen molar-refractivity contribution in [3.05, 3.63) is 285 Å². The van der Waals surface area contributed by atoms with Crippen LogP contribution in [0, 0.1) is 0 Å². The number of nitrogens with zero attached hydrogens (tertiary/aromatic N) is 5. The van der Waals surface area contributed by atoms with Gasteiger partial charge in [-0.2, -0.15) is 0 Å². The fourth-order valence-electron chi connectivity index (χ4n) is 11.8. The van der Waals surface area contributed by atoms with Crippen LogP contribution in [0.25, 0.3) is 22.1 Å². The molecule has 4 N–H and O–H groups in total. The number of nitrogens with one attached hydrogen (secondary N) is 3. The lowest BCUT2D eigenvalue weighted by atomic mass is 10.0. The summed E-state index contributed by atoms with van der Waals surface area (Å²) in [6.07, 6.45) is 4.79. The second-order valence-corrected chi connectivity index (χ2v) is 22.0. The number of piperidine rings is 2. The summed E-state index contributed by atoms with van der Waals surface area (Å²) >= 11 is 0. The second kappa shape index (κ2) is 30.1. The number of carbonyl (C=O) groups is 1. The number of fused-ring (bicyclic) bond motifs is 2. The molecule has 0 unspecified atom stereocenters. The van der Waals surface area contributed by atoms with Crippen molar-refractivity contribution in [3.8, 4) is 0 Å². The third-order valence-corrected chi connectivity index (χ3v) is 16.2. The van der Waals surface area contributed by atoms with Gasteiger partial charge in [-0.3, -0.25) is 18.9 Å². The highest BCUT2D eigenvalue weighted by Crippen LogP contribution is 2.27. The number of aliphatic hydroxyl groups is 1. The molecule has 2 atom stereocenters. The van der Waals surface area contributed by atoms with Gasteiger partial charge in [-0.05, 0) is 109 Å². The zero-order valence-corrected chi connectivity index (χ0v) is 47.9. The van der Waals surface area contributed by atoms with Crippen LogP contribution in [0.15, 0.2) is 240 Å². The molecule has 0 bridgehead atoms. The van der Waals surface area contributed by atoms with E-state index >= 15 is 0 Å². The van der Waals surface area contributed by atoms with Crippen LogP contribution in [-0.4, -0.2) is 96.5 Å². The molecular formula is C71H78N8O5. The summed E-state index contributed by atoms with van der Waals surface area (Å²) in [6.45, 7) is 6.68. The number of para-hydroxylation sites is 4. The Morgan fingerprint density at radius 1 is 0.452 bits per heavy atom. The summed E-state index contributed by atoms with van der Waals surface area (Å²) in [4.78, 5) is 50.4. The maximum Gasteiger partial charge on any atom is 0.409 e. The number of benzene rings is 8. The van der Waals surface area contributed by atoms with Gasteiger partial charge in [-0.15, -0.1) is 0 Å². The highest BCUT2D eigenvalue weighted by molar-refractivity contribution is 5.76. The van der Waals surface area contributed by atoms with Gasteiger partial charge < -0.3 is 30.0 Å². The van der Waals surface area contributed by atoms with Gasteiger partial charge in [0.15, 0.2) is 0 Å². The van der Waals surface area contributed by atoms with Crippen LogP contribution < -0.4 is 16.7 Å². The molecule has 432 valence electrons. The summed E-state index contributed by atoms with van der Waals surface area (Å²) in [6, 6.07) is 78.8. The monoisotopic (exact) mass is 1120 g/mol. The maximum absolute atomic E-state index is 13.4. The Hall–Kier alpha value is -8.59. The molecule has 10 aromatic rings. The Morgan fingerprint density at radius 2 is 0.786 bits per heavy atom. The number of hydrogen-bond donors (Lipinski definition) is 4. The Kier molecular flexibility index (Phi) is 21.0. The minimum atomic E-state index is -0.290. The van der Waals surface area contributed by atoms with Crippen LogP contribution in [0.3, 0.4) is 0 Å². The topological polar surface area (TPSA) is 144 Å². The van der Waals surface area contributed by atoms with E-state index in [-0.39, 0.29) is 48.8 Å². The smallest absolute Gasteiger partial charge is 0.409 e. The predicted octanol–water partition coefficient (Wildman–Crippen LogP) is 12.0. The fraction of sp³-hybridized carbons (Fsp3) is 0.282. The number of hydrogen-bond acceptors (Lipinski definition) is 8. The van der Waals surface area contributed by atoms with E-state index in [1.165, 1.54) is 33.4 Å². The molecule has 2 aromatic heterocycles. The molecule has 8 aromatic carbocycles. The van der Waals surface area contributed by atoms with E-state index in [1.807, 2.05) is 94.1 Å². The van der Waals surface area contributed by atoms with Gasteiger partial charge >= 0.3 is 17.5 Å². The van der Waals surface area contributed by atoms with Crippen molar-refractivity contribution >= 4 is 28.2 Å². The summed E-state index contributed by atoms with van der Waals surface area (Å²) in [5, 5.41) is 13.4. The van der Waals surface area contributed by atoms with Crippen molar-refractivity contribution in [2.45, 2.75) is 88.9 Å². The van der Waals surface area contributed by atoms with Crippen molar-refractivity contribution in [1.82, 2.24) is 39.1 Å². The van der Waals surface area contributed by atoms with Crippen molar-refractivity contribution in [1.29, 1.82) is 0 Å². The molecule has 2 saturated heterocycles. The van der Waals surface area contributed by atoms with Crippen molar-refractivity contribution in [2.75, 3.05) is 39.4 Å². The SMILES string of the molecule is O=C(OC[C@@H](Cc1ccccc1)N(Cc1ccccc1)Cc1ccccc1)N1CCC(n2c(=O)[nH]c3ccccc32)CC1.O=c1[nH]c2ccccc2n1C1CCNCC1.OC[C@@H](Cc1ccccc1)N(Cc1ccccc1)Cc1ccccc1. The van der Waals surface area contributed by atoms with Gasteiger partial charge in [-0.25, -0.2) is 14.4 Å². The van der Waals surface area contributed by atoms with E-state index < -0.39 is 0 Å². The van der Waals surface area contributed by atoms with Crippen LogP contribution in [0.2, 0.25) is 0 Å². The molecular weight excluding hydrogens is 1040 g/mol. The van der Waals surface area contributed by atoms with E-state index in [4.69, 9.17) is 4.74 Å². The number of aromatic amines is 2. The molecule has 0 aliphatic carbocycles. The third kappa shape index (κ3) is 16.1. The summed E-state index contributed by atoms with van der Waals surface area (Å²) in [5.74, 6) is 0. The third-order valence-electron chi connectivity index (χ3n) is 16.2. The fourth-order valence-corrected chi connectivity index (χ4v) is 11.8. The van der Waals surface area contributed by atoms with Gasteiger partial charge in [0.25, 0.3) is 0 Å². The van der Waals surface area contributed by atoms with Gasteiger partial charge in [0.05, 0.1) is 28.7 Å². The van der Waals surface area contributed by atoms with Gasteiger partial charge in [0.1, 0.15) is 6.61 Å². The number of carbonyl (C=O) groups excluding carboxylic acids is 1. The van der Waals surface area contributed by atoms with Crippen LogP contribution in [-0.2, 0) is 43.8 Å². The van der Waals surface area contributed by atoms with Crippen molar-refractivity contribution in [3.63, 3.8) is 0 Å². The number of H-pyrrole nitrogens is 2. The zero-order chi connectivity index (χ0) is 57.7. The number of aromatic nitrogens is 4. The minimum absolute atomic E-state index is 0.0194. The quantitative estimate of drug-likeness (QED) is 0.0627. The molecule has 0 saturated carbocycles. The molecule has 2 fully saturated rings. The molecule has 12 rings (SSSR count). The van der Waals surface area contributed by atoms with Crippen LogP contribution >= 0.6 is 0 Å². The van der Waals surface area contributed by atoms with E-state index in [1.54, 1.807) is 4.90 Å². The molecule has 0 radical (unpaired) electrons. The van der Waals surface area contributed by atoms with Gasteiger partial charge in [0.2, 0.25) is 0 Å². The highest BCUT2D eigenvalue weighted by atomic mass is 16.6. The molecule has 13 nitrogen and oxygen atoms in total. The number of likely N-dealkylation sites (tertiary alicyclic amines) is 1. The summed E-state index contributed by atoms with van der Waals surface area (Å²) in [5.41, 5.74) is 11.1. The molecule has 0 spiro atoms. The molecule has 84 heavy (non-hydrogen) atoms. The second-order valence-electron chi connectivity index (χ2n) is 22.0. The number of amides is 1. The standard InChI is InChI=1S/C36H38N4O3.C23H25NO.C12H15N3O/c41-35-37-33-18-10-11-19-34(33)40(35)31-20-22-38(23-21-31)36(42)43-27-32(24-28-12-4-1-5-13-28)39(25-29-14-6-2-7-15-29)26-30-16-8-3-9-17-30;25-19-23(16-20-10-4-1-5-11-20)24(17-21-12-6-2-7-13-21)18-22-14-8-3-9-15-22;16-12-14-10-3-1-2-4-11(10)15(12)9-5-7-13-8-6-9/h1-19,31-32H,20-27H2,(H,37,41);1-15,23,25H,16-19H2;1-4,9,13H,5-8H2,(H,14,16)/t32-;23-;/m11./s1. The number of aliphatic hydroxyl groups excluding tert-OH is 1. The highest BCUT2D eigenvalue weighted by Gasteiger charge is 2.29. The summed E-state index contributed by atoms with van der Waals surface area (Å²) < 4.78 is 9.82. The lowest BCUT2D eigenvalue weighted by Crippen LogP contribution is -2.44. The maximum atomic E-state index is 13.4. The first-order chi connectivity index (χ1) is 41.3. The lowest BCUT2D eigenvalue weighted by Gasteiger charge is -2.34. The molecule has 2 aliphatic heterocycles. The summed E-state index contributed by atoms with van der Waals surface area (Å²) in [7, 11) is 0. The van der Waals surface area contributed by atoms with Crippen LogP contribution in [0.5, 0.6) is 0 Å². The Balaban J connectivity index is 0.000000160. The van der Waals surface area contributed by atoms with Crippen LogP contribution in [0.4, 0.5) is 4.79 Å². The molecule has 4 heterocycles. The Labute approximate surface area is 492 Å². The number of ether oxygens (including phenoxy) is 1. The lowest BCUT2D eigenvalue weighted by molar-refractivity contribution is 0.0518. The van der Waals surface area contributed by atoms with Crippen LogP contribution in [0.1, 0.15) is 71.1 Å². The Bertz CT molecular complexity index is 3570. The van der Waals surface area contributed by atoms with E-state index in [0.717, 1.165) is 87.0 Å². The normalized spacial score (nSPS) is 14.6. The van der Waals surface area contributed by atoms with E-state index in [9.17, 15) is 19.5 Å².